The third kappa shape index (κ3) is 6.39. The van der Waals surface area contributed by atoms with Crippen molar-refractivity contribution >= 4 is 22.8 Å². The zero-order chi connectivity index (χ0) is 26.3. The summed E-state index contributed by atoms with van der Waals surface area (Å²) in [5, 5.41) is 12.2. The molecule has 0 bridgehead atoms. The van der Waals surface area contributed by atoms with Gasteiger partial charge in [-0.3, -0.25) is 9.89 Å². The van der Waals surface area contributed by atoms with Crippen molar-refractivity contribution in [1.82, 2.24) is 25.0 Å². The van der Waals surface area contributed by atoms with E-state index in [4.69, 9.17) is 4.74 Å². The maximum atomic E-state index is 12.5. The lowest BCUT2D eigenvalue weighted by Crippen LogP contribution is -2.30. The smallest absolute Gasteiger partial charge is 0.246 e. The molecule has 1 atom stereocenters. The van der Waals surface area contributed by atoms with E-state index in [1.54, 1.807) is 6.08 Å². The number of para-hydroxylation sites is 1. The van der Waals surface area contributed by atoms with E-state index in [1.165, 1.54) is 11.1 Å². The molecule has 4 aromatic rings. The molecule has 8 nitrogen and oxygen atoms in total. The average Bonchev–Trinajstić information content (AvgIpc) is 3.56. The Labute approximate surface area is 223 Å². The Morgan fingerprint density at radius 3 is 2.82 bits per heavy atom. The van der Waals surface area contributed by atoms with E-state index in [1.807, 2.05) is 78.6 Å². The number of ether oxygens (including phenoxy) is 1. The Hall–Kier alpha value is -4.17. The number of aryl methyl sites for hydroxylation is 2. The van der Waals surface area contributed by atoms with Crippen molar-refractivity contribution in [2.45, 2.75) is 25.3 Å². The van der Waals surface area contributed by atoms with Crippen LogP contribution < -0.4 is 10.1 Å². The monoisotopic (exact) mass is 510 g/mol. The van der Waals surface area contributed by atoms with Crippen LogP contribution in [0.5, 0.6) is 11.5 Å². The standard InChI is InChI=1S/C30H34N6O2/c1-35(2)18-7-12-27(37)36-19-16-24(21-36)32-30-28-23(15-17-31-29(28)33-34-30)14-13-22-8-6-11-26(20-22)38-25-9-4-3-5-10-25/h3-12,15,17,20,24H,13-14,16,18-19,21H2,1-2H3,(H2,31,32,33,34)/b12-7+/t24-/m1/s1. The number of amides is 1. The minimum atomic E-state index is 0.0591. The fourth-order valence-electron chi connectivity index (χ4n) is 4.74. The summed E-state index contributed by atoms with van der Waals surface area (Å²) in [4.78, 5) is 20.9. The van der Waals surface area contributed by atoms with Gasteiger partial charge in [0.25, 0.3) is 0 Å². The van der Waals surface area contributed by atoms with Gasteiger partial charge in [0.1, 0.15) is 11.5 Å². The molecule has 2 N–H and O–H groups in total. The lowest BCUT2D eigenvalue weighted by Gasteiger charge is -2.16. The van der Waals surface area contributed by atoms with Crippen LogP contribution in [-0.2, 0) is 17.6 Å². The number of carbonyl (C=O) groups is 1. The second-order valence-corrected chi connectivity index (χ2v) is 9.91. The van der Waals surface area contributed by atoms with Crippen LogP contribution in [0.4, 0.5) is 5.82 Å². The minimum absolute atomic E-state index is 0.0591. The molecule has 0 radical (unpaired) electrons. The van der Waals surface area contributed by atoms with Gasteiger partial charge in [-0.15, -0.1) is 0 Å². The van der Waals surface area contributed by atoms with Gasteiger partial charge in [0, 0.05) is 37.9 Å². The van der Waals surface area contributed by atoms with Gasteiger partial charge in [0.2, 0.25) is 5.91 Å². The fraction of sp³-hybridized carbons (Fsp3) is 0.300. The molecule has 5 rings (SSSR count). The number of hydrogen-bond acceptors (Lipinski definition) is 6. The Balaban J connectivity index is 1.24. The summed E-state index contributed by atoms with van der Waals surface area (Å²) >= 11 is 0. The molecule has 1 saturated heterocycles. The first-order valence-electron chi connectivity index (χ1n) is 13.1. The van der Waals surface area contributed by atoms with Crippen LogP contribution in [0.25, 0.3) is 11.0 Å². The summed E-state index contributed by atoms with van der Waals surface area (Å²) < 4.78 is 6.01. The topological polar surface area (TPSA) is 86.4 Å². The van der Waals surface area contributed by atoms with Crippen LogP contribution in [0.2, 0.25) is 0 Å². The minimum Gasteiger partial charge on any atom is -0.457 e. The fourth-order valence-corrected chi connectivity index (χ4v) is 4.74. The third-order valence-electron chi connectivity index (χ3n) is 6.68. The first-order valence-corrected chi connectivity index (χ1v) is 13.1. The van der Waals surface area contributed by atoms with Crippen molar-refractivity contribution in [3.8, 4) is 11.5 Å². The Bertz CT molecular complexity index is 1400. The molecule has 1 aliphatic rings. The molecule has 8 heteroatoms. The van der Waals surface area contributed by atoms with Crippen molar-refractivity contribution in [3.63, 3.8) is 0 Å². The number of anilines is 1. The Kier molecular flexibility index (Phi) is 7.99. The highest BCUT2D eigenvalue weighted by Crippen LogP contribution is 2.27. The lowest BCUT2D eigenvalue weighted by atomic mass is 10.0. The summed E-state index contributed by atoms with van der Waals surface area (Å²) in [6.07, 6.45) is 7.99. The number of nitrogens with zero attached hydrogens (tertiary/aromatic N) is 4. The summed E-state index contributed by atoms with van der Waals surface area (Å²) in [5.74, 6) is 2.51. The van der Waals surface area contributed by atoms with Crippen LogP contribution in [0, 0.1) is 0 Å². The number of H-pyrrole nitrogens is 1. The van der Waals surface area contributed by atoms with Gasteiger partial charge in [-0.05, 0) is 74.8 Å². The quantitative estimate of drug-likeness (QED) is 0.302. The van der Waals surface area contributed by atoms with Gasteiger partial charge >= 0.3 is 0 Å². The molecular formula is C30H34N6O2. The van der Waals surface area contributed by atoms with Crippen molar-refractivity contribution in [2.24, 2.45) is 0 Å². The highest BCUT2D eigenvalue weighted by molar-refractivity contribution is 5.90. The Morgan fingerprint density at radius 1 is 1.13 bits per heavy atom. The molecule has 1 amide bonds. The highest BCUT2D eigenvalue weighted by atomic mass is 16.5. The summed E-state index contributed by atoms with van der Waals surface area (Å²) in [6.45, 7) is 2.14. The molecule has 1 aliphatic heterocycles. The highest BCUT2D eigenvalue weighted by Gasteiger charge is 2.26. The number of fused-ring (bicyclic) bond motifs is 1. The number of carbonyl (C=O) groups excluding carboxylic acids is 1. The van der Waals surface area contributed by atoms with Crippen LogP contribution in [0.3, 0.4) is 0 Å². The molecular weight excluding hydrogens is 476 g/mol. The predicted octanol–water partition coefficient (Wildman–Crippen LogP) is 4.67. The number of nitrogens with one attached hydrogen (secondary N) is 2. The van der Waals surface area contributed by atoms with Gasteiger partial charge in [-0.2, -0.15) is 5.10 Å². The SMILES string of the molecule is CN(C)C/C=C/C(=O)N1CC[C@@H](Nc2n[nH]c3nccc(CCc4cccc(Oc5ccccc5)c4)c23)C1. The van der Waals surface area contributed by atoms with Gasteiger partial charge < -0.3 is 19.9 Å². The molecule has 2 aromatic heterocycles. The third-order valence-corrected chi connectivity index (χ3v) is 6.68. The zero-order valence-corrected chi connectivity index (χ0v) is 21.9. The van der Waals surface area contributed by atoms with Crippen molar-refractivity contribution in [1.29, 1.82) is 0 Å². The molecule has 0 aliphatic carbocycles. The van der Waals surface area contributed by atoms with E-state index in [9.17, 15) is 4.79 Å². The van der Waals surface area contributed by atoms with Gasteiger partial charge in [0.05, 0.1) is 5.39 Å². The number of rotatable bonds is 10. The number of likely N-dealkylation sites (N-methyl/N-ethyl adjacent to an activating group) is 1. The largest absolute Gasteiger partial charge is 0.457 e. The number of benzene rings is 2. The van der Waals surface area contributed by atoms with Gasteiger partial charge in [-0.1, -0.05) is 36.4 Å². The first kappa shape index (κ1) is 25.5. The number of likely N-dealkylation sites (tertiary alicyclic amines) is 1. The van der Waals surface area contributed by atoms with E-state index >= 15 is 0 Å². The second kappa shape index (κ2) is 11.9. The number of aromatic amines is 1. The van der Waals surface area contributed by atoms with E-state index < -0.39 is 0 Å². The number of aromatic nitrogens is 3. The van der Waals surface area contributed by atoms with Crippen molar-refractivity contribution in [3.05, 3.63) is 90.1 Å². The molecule has 3 heterocycles. The van der Waals surface area contributed by atoms with Gasteiger partial charge in [-0.25, -0.2) is 4.98 Å². The lowest BCUT2D eigenvalue weighted by molar-refractivity contribution is -0.125. The molecule has 1 fully saturated rings. The number of pyridine rings is 1. The molecule has 0 spiro atoms. The van der Waals surface area contributed by atoms with Crippen molar-refractivity contribution in [2.75, 3.05) is 39.0 Å². The molecule has 2 aromatic carbocycles. The summed E-state index contributed by atoms with van der Waals surface area (Å²) in [6, 6.07) is 20.3. The molecule has 0 saturated carbocycles. The summed E-state index contributed by atoms with van der Waals surface area (Å²) in [7, 11) is 3.97. The first-order chi connectivity index (χ1) is 18.5. The van der Waals surface area contributed by atoms with Crippen LogP contribution in [0.15, 0.2) is 79.0 Å². The molecule has 0 unspecified atom stereocenters. The second-order valence-electron chi connectivity index (χ2n) is 9.91. The molecule has 38 heavy (non-hydrogen) atoms. The number of hydrogen-bond donors (Lipinski definition) is 2. The molecule has 196 valence electrons. The summed E-state index contributed by atoms with van der Waals surface area (Å²) in [5.41, 5.74) is 3.15. The zero-order valence-electron chi connectivity index (χ0n) is 21.9. The van der Waals surface area contributed by atoms with E-state index in [-0.39, 0.29) is 11.9 Å². The maximum absolute atomic E-state index is 12.5. The average molecular weight is 511 g/mol. The van der Waals surface area contributed by atoms with Crippen LogP contribution >= 0.6 is 0 Å². The van der Waals surface area contributed by atoms with Crippen LogP contribution in [-0.4, -0.2) is 70.7 Å². The van der Waals surface area contributed by atoms with E-state index in [0.717, 1.165) is 60.7 Å². The maximum Gasteiger partial charge on any atom is 0.246 e. The van der Waals surface area contributed by atoms with E-state index in [2.05, 4.69) is 38.7 Å². The Morgan fingerprint density at radius 2 is 1.97 bits per heavy atom. The predicted molar refractivity (Wildman–Crippen MR) is 151 cm³/mol. The van der Waals surface area contributed by atoms with Crippen LogP contribution in [0.1, 0.15) is 17.5 Å². The van der Waals surface area contributed by atoms with Gasteiger partial charge in [0.15, 0.2) is 11.5 Å². The van der Waals surface area contributed by atoms with Crippen molar-refractivity contribution < 1.29 is 9.53 Å². The van der Waals surface area contributed by atoms with E-state index in [0.29, 0.717) is 6.54 Å². The normalized spacial score (nSPS) is 15.6.